The summed E-state index contributed by atoms with van der Waals surface area (Å²) in [5.41, 5.74) is 0. The van der Waals surface area contributed by atoms with Crippen LogP contribution < -0.4 is 0 Å². The van der Waals surface area contributed by atoms with Crippen molar-refractivity contribution < 1.29 is 0 Å². The minimum atomic E-state index is 0.784. The highest BCUT2D eigenvalue weighted by Gasteiger charge is 1.75. The normalized spacial score (nSPS) is 17.6. The summed E-state index contributed by atoms with van der Waals surface area (Å²) in [7, 11) is 5.61. The summed E-state index contributed by atoms with van der Waals surface area (Å²) in [5, 5.41) is 0. The van der Waals surface area contributed by atoms with E-state index in [0.29, 0.717) is 0 Å². The van der Waals surface area contributed by atoms with Crippen molar-refractivity contribution in [1.29, 1.82) is 0 Å². The molecular formula is H6Si5. The van der Waals surface area contributed by atoms with Gasteiger partial charge < -0.3 is 0 Å². The first-order chi connectivity index (χ1) is 2.50. The van der Waals surface area contributed by atoms with E-state index in [-0.39, 0.29) is 0 Å². The molecule has 1 heterocycles. The zero-order valence-electron chi connectivity index (χ0n) is 3.02. The van der Waals surface area contributed by atoms with Crippen LogP contribution in [0.2, 0.25) is 0 Å². The van der Waals surface area contributed by atoms with E-state index in [2.05, 4.69) is 0 Å². The monoisotopic (exact) mass is 146 g/mol. The Labute approximate surface area is 41.5 Å². The van der Waals surface area contributed by atoms with Gasteiger partial charge in [0.2, 0.25) is 0 Å². The third-order valence-corrected chi connectivity index (χ3v) is 53.1. The highest BCUT2D eigenvalue weighted by Crippen LogP contribution is 1.39. The van der Waals surface area contributed by atoms with Crippen molar-refractivity contribution in [2.75, 3.05) is 0 Å². The van der Waals surface area contributed by atoms with Gasteiger partial charge in [-0.1, -0.05) is 0 Å². The molecule has 0 N–H and O–H groups in total. The molecule has 0 saturated carbocycles. The van der Waals surface area contributed by atoms with Crippen LogP contribution in [0.25, 0.3) is 0 Å². The minimum Gasteiger partial charge on any atom is -0.0470 e. The van der Waals surface area contributed by atoms with Crippen molar-refractivity contribution in [3.8, 4) is 0 Å². The van der Waals surface area contributed by atoms with Crippen molar-refractivity contribution in [3.05, 3.63) is 0 Å². The van der Waals surface area contributed by atoms with Gasteiger partial charge in [-0.3, -0.25) is 0 Å². The molecule has 0 aromatic carbocycles. The molecule has 1 aliphatic heterocycles. The summed E-state index contributed by atoms with van der Waals surface area (Å²) in [6.07, 6.45) is 0. The Morgan fingerprint density at radius 3 is 1.80 bits per heavy atom. The van der Waals surface area contributed by atoms with Crippen LogP contribution in [0, 0.1) is 0 Å². The van der Waals surface area contributed by atoms with Crippen LogP contribution in [-0.2, 0) is 0 Å². The van der Waals surface area contributed by atoms with Gasteiger partial charge in [-0.15, -0.1) is 0 Å². The summed E-state index contributed by atoms with van der Waals surface area (Å²) in [6.45, 7) is 0. The summed E-state index contributed by atoms with van der Waals surface area (Å²) in [4.78, 5) is 0. The molecule has 0 spiro atoms. The summed E-state index contributed by atoms with van der Waals surface area (Å²) >= 11 is 0. The Bertz CT molecular complexity index is 58.1. The molecule has 26 valence electrons. The van der Waals surface area contributed by atoms with Gasteiger partial charge in [-0.25, -0.2) is 0 Å². The van der Waals surface area contributed by atoms with Crippen LogP contribution in [0.1, 0.15) is 0 Å². The second-order valence-corrected chi connectivity index (χ2v) is 29.5. The van der Waals surface area contributed by atoms with Crippen molar-refractivity contribution in [2.24, 2.45) is 0 Å². The molecule has 0 radical (unpaired) electrons. The largest absolute Gasteiger partial charge is 0.0470 e. The molecule has 0 bridgehead atoms. The standard InChI is InChI=1S/H6Si5/c1-2-4-5-3-1/h1-4H,5H2. The first-order valence-electron chi connectivity index (χ1n) is 1.82. The maximum Gasteiger partial charge on any atom is 0.0275 e. The van der Waals surface area contributed by atoms with E-state index in [1.807, 2.05) is 0 Å². The summed E-state index contributed by atoms with van der Waals surface area (Å²) in [6, 6.07) is 0. The maximum absolute atomic E-state index is 1.22. The lowest BCUT2D eigenvalue weighted by atomic mass is 26.6. The molecule has 1 rings (SSSR count). The van der Waals surface area contributed by atoms with Gasteiger partial charge in [-0.2, -0.15) is 0 Å². The summed E-state index contributed by atoms with van der Waals surface area (Å²) < 4.78 is 0. The number of rotatable bonds is 0. The van der Waals surface area contributed by atoms with Crippen LogP contribution in [0.4, 0.5) is 0 Å². The fraction of sp³-hybridized carbons (Fsp3) is 0. The molecule has 1 aliphatic rings. The van der Waals surface area contributed by atoms with Crippen LogP contribution >= 0.6 is 0 Å². The predicted octanol–water partition coefficient (Wildman–Crippen LogP) is -3.51. The Morgan fingerprint density at radius 2 is 1.60 bits per heavy atom. The van der Waals surface area contributed by atoms with Crippen LogP contribution in [0.3, 0.4) is 0 Å². The molecule has 0 aromatic heterocycles. The molecule has 0 saturated heterocycles. The molecule has 5 heavy (non-hydrogen) atoms. The zero-order chi connectivity index (χ0) is 3.54. The van der Waals surface area contributed by atoms with E-state index in [9.17, 15) is 0 Å². The average molecular weight is 146 g/mol. The second-order valence-electron chi connectivity index (χ2n) is 1.09. The molecule has 0 unspecified atom stereocenters. The van der Waals surface area contributed by atoms with Gasteiger partial charge in [0.25, 0.3) is 0 Å². The van der Waals surface area contributed by atoms with Gasteiger partial charge in [0.1, 0.15) is 0 Å². The fourth-order valence-electron chi connectivity index (χ4n) is 0.393. The van der Waals surface area contributed by atoms with Gasteiger partial charge in [0.05, 0.1) is 0 Å². The molecule has 5 heteroatoms. The van der Waals surface area contributed by atoms with Gasteiger partial charge in [-0.05, 0) is 32.5 Å². The molecular weight excluding hydrogens is 140 g/mol. The van der Waals surface area contributed by atoms with Crippen LogP contribution in [0.5, 0.6) is 0 Å². The van der Waals surface area contributed by atoms with E-state index in [1.165, 1.54) is 32.5 Å². The smallest absolute Gasteiger partial charge is 0.0275 e. The van der Waals surface area contributed by atoms with Crippen molar-refractivity contribution in [1.82, 2.24) is 0 Å². The lowest BCUT2D eigenvalue weighted by Gasteiger charge is -1.53. The van der Waals surface area contributed by atoms with Crippen LogP contribution in [-0.4, -0.2) is 41.1 Å². The molecule has 0 aliphatic carbocycles. The van der Waals surface area contributed by atoms with E-state index in [0.717, 1.165) is 8.55 Å². The number of hydrogen-bond acceptors (Lipinski definition) is 0. The van der Waals surface area contributed by atoms with Crippen LogP contribution in [0.15, 0.2) is 0 Å². The first-order valence-corrected chi connectivity index (χ1v) is 16.3. The Balaban J connectivity index is 2.61. The third-order valence-electron chi connectivity index (χ3n) is 0.655. The fourth-order valence-corrected chi connectivity index (χ4v) is 95.5. The maximum atomic E-state index is 1.22. The predicted molar refractivity (Wildman–Crippen MR) is 37.1 cm³/mol. The first kappa shape index (κ1) is 4.25. The van der Waals surface area contributed by atoms with E-state index in [4.69, 9.17) is 0 Å². The van der Waals surface area contributed by atoms with Crippen molar-refractivity contribution in [2.45, 2.75) is 0 Å². The second kappa shape index (κ2) is 2.29. The topological polar surface area (TPSA) is 0 Å². The highest BCUT2D eigenvalue weighted by atomic mass is 29.9. The third kappa shape index (κ3) is 1.31. The Kier molecular flexibility index (Phi) is 1.95. The van der Waals surface area contributed by atoms with Gasteiger partial charge >= 0.3 is 0 Å². The molecule has 0 amide bonds. The quantitative estimate of drug-likeness (QED) is 0.311. The Hall–Kier alpha value is 1.08. The molecule has 0 atom stereocenters. The SMILES string of the molecule is [SiH]1=[SiH][SiH2][SiH]=[SiH]1. The zero-order valence-corrected chi connectivity index (χ0v) is 9.05. The van der Waals surface area contributed by atoms with Gasteiger partial charge in [0, 0.05) is 8.55 Å². The Morgan fingerprint density at radius 1 is 1.00 bits per heavy atom. The van der Waals surface area contributed by atoms with E-state index < -0.39 is 0 Å². The average Bonchev–Trinajstić information content (AvgIpc) is 1.76. The lowest BCUT2D eigenvalue weighted by molar-refractivity contribution is 4.24. The van der Waals surface area contributed by atoms with E-state index in [1.54, 1.807) is 0 Å². The minimum absolute atomic E-state index is 0.784. The highest BCUT2D eigenvalue weighted by molar-refractivity contribution is 7.53. The lowest BCUT2D eigenvalue weighted by Crippen LogP contribution is -1.90. The molecule has 0 fully saturated rings. The molecule has 0 nitrogen and oxygen atoms in total. The van der Waals surface area contributed by atoms with Gasteiger partial charge in [0.15, 0.2) is 0 Å². The number of hydrogen-bond donors (Lipinski definition) is 0. The van der Waals surface area contributed by atoms with Crippen molar-refractivity contribution in [3.63, 3.8) is 0 Å². The molecule has 0 aromatic rings. The van der Waals surface area contributed by atoms with Crippen molar-refractivity contribution >= 4 is 41.1 Å². The van der Waals surface area contributed by atoms with E-state index >= 15 is 0 Å². The summed E-state index contributed by atoms with van der Waals surface area (Å²) in [5.74, 6) is 0.